The third-order valence-corrected chi connectivity index (χ3v) is 3.14. The molecule has 0 spiro atoms. The first kappa shape index (κ1) is 14.8. The molecule has 0 aromatic carbocycles. The second-order valence-electron chi connectivity index (χ2n) is 5.83. The molecule has 6 heteroatoms. The maximum atomic E-state index is 6.16. The second-order valence-corrected chi connectivity index (χ2v) is 5.83. The zero-order valence-electron chi connectivity index (χ0n) is 12.7. The summed E-state index contributed by atoms with van der Waals surface area (Å²) in [6.45, 7) is 10.3. The smallest absolute Gasteiger partial charge is 0.242 e. The minimum Gasteiger partial charge on any atom is -0.476 e. The molecule has 0 radical (unpaired) electrons. The number of morpholine rings is 1. The predicted molar refractivity (Wildman–Crippen MR) is 79.1 cm³/mol. The number of anilines is 2. The van der Waals surface area contributed by atoms with Crippen molar-refractivity contribution < 1.29 is 9.47 Å². The molecule has 0 aliphatic carbocycles. The SMILES string of the molecule is CCCOc1ncnc(N2CC(C)OC(C)(C)C2)c1N. The van der Waals surface area contributed by atoms with Gasteiger partial charge < -0.3 is 20.1 Å². The first-order chi connectivity index (χ1) is 9.43. The average Bonchev–Trinajstić information content (AvgIpc) is 2.35. The molecular weight excluding hydrogens is 256 g/mol. The predicted octanol–water partition coefficient (Wildman–Crippen LogP) is 1.85. The molecule has 6 nitrogen and oxygen atoms in total. The Hall–Kier alpha value is -1.56. The van der Waals surface area contributed by atoms with Gasteiger partial charge in [-0.3, -0.25) is 0 Å². The molecule has 0 saturated carbocycles. The van der Waals surface area contributed by atoms with Gasteiger partial charge in [0.15, 0.2) is 5.82 Å². The van der Waals surface area contributed by atoms with Crippen LogP contribution in [0.15, 0.2) is 6.33 Å². The molecule has 20 heavy (non-hydrogen) atoms. The first-order valence-electron chi connectivity index (χ1n) is 7.09. The number of nitrogens with two attached hydrogens (primary N) is 1. The van der Waals surface area contributed by atoms with Gasteiger partial charge in [0.2, 0.25) is 5.88 Å². The molecule has 0 bridgehead atoms. The van der Waals surface area contributed by atoms with Crippen LogP contribution in [0.4, 0.5) is 11.5 Å². The number of ether oxygens (including phenoxy) is 2. The quantitative estimate of drug-likeness (QED) is 0.907. The monoisotopic (exact) mass is 280 g/mol. The maximum absolute atomic E-state index is 6.16. The van der Waals surface area contributed by atoms with Crippen LogP contribution in [0.2, 0.25) is 0 Å². The van der Waals surface area contributed by atoms with E-state index in [9.17, 15) is 0 Å². The van der Waals surface area contributed by atoms with Crippen molar-refractivity contribution in [3.8, 4) is 5.88 Å². The summed E-state index contributed by atoms with van der Waals surface area (Å²) in [6, 6.07) is 0. The van der Waals surface area contributed by atoms with Gasteiger partial charge in [0.1, 0.15) is 12.0 Å². The van der Waals surface area contributed by atoms with Crippen molar-refractivity contribution in [1.82, 2.24) is 9.97 Å². The van der Waals surface area contributed by atoms with E-state index in [2.05, 4.69) is 35.6 Å². The van der Waals surface area contributed by atoms with Crippen LogP contribution in [0.5, 0.6) is 5.88 Å². The number of nitrogens with zero attached hydrogens (tertiary/aromatic N) is 3. The lowest BCUT2D eigenvalue weighted by Crippen LogP contribution is -2.52. The molecule has 1 aromatic heterocycles. The number of rotatable bonds is 4. The lowest BCUT2D eigenvalue weighted by molar-refractivity contribution is -0.0751. The minimum absolute atomic E-state index is 0.133. The number of nitrogen functional groups attached to an aromatic ring is 1. The Labute approximate surface area is 120 Å². The number of hydrogen-bond acceptors (Lipinski definition) is 6. The summed E-state index contributed by atoms with van der Waals surface area (Å²) in [6.07, 6.45) is 2.55. The lowest BCUT2D eigenvalue weighted by Gasteiger charge is -2.42. The largest absolute Gasteiger partial charge is 0.476 e. The maximum Gasteiger partial charge on any atom is 0.242 e. The normalized spacial score (nSPS) is 21.8. The fourth-order valence-corrected chi connectivity index (χ4v) is 2.55. The highest BCUT2D eigenvalue weighted by Crippen LogP contribution is 2.32. The van der Waals surface area contributed by atoms with Gasteiger partial charge in [-0.2, -0.15) is 4.98 Å². The Bertz CT molecular complexity index is 464. The van der Waals surface area contributed by atoms with E-state index in [0.29, 0.717) is 18.2 Å². The van der Waals surface area contributed by atoms with Crippen LogP contribution in [0.3, 0.4) is 0 Å². The van der Waals surface area contributed by atoms with Gasteiger partial charge in [0, 0.05) is 13.1 Å². The fraction of sp³-hybridized carbons (Fsp3) is 0.714. The molecule has 2 heterocycles. The van der Waals surface area contributed by atoms with Crippen molar-refractivity contribution in [2.24, 2.45) is 0 Å². The second kappa shape index (κ2) is 5.83. The Morgan fingerprint density at radius 2 is 2.25 bits per heavy atom. The van der Waals surface area contributed by atoms with E-state index in [4.69, 9.17) is 15.2 Å². The van der Waals surface area contributed by atoms with Crippen LogP contribution in [-0.4, -0.2) is 41.4 Å². The van der Waals surface area contributed by atoms with Crippen molar-refractivity contribution in [2.45, 2.75) is 45.8 Å². The molecule has 1 aliphatic rings. The van der Waals surface area contributed by atoms with Crippen LogP contribution in [0.1, 0.15) is 34.1 Å². The standard InChI is InChI=1S/C14H24N4O2/c1-5-6-19-13-11(15)12(16-9-17-13)18-7-10(2)20-14(3,4)8-18/h9-10H,5-8,15H2,1-4H3. The van der Waals surface area contributed by atoms with Crippen LogP contribution >= 0.6 is 0 Å². The minimum atomic E-state index is -0.223. The summed E-state index contributed by atoms with van der Waals surface area (Å²) < 4.78 is 11.5. The molecule has 1 saturated heterocycles. The molecule has 2 N–H and O–H groups in total. The van der Waals surface area contributed by atoms with E-state index in [1.807, 2.05) is 6.92 Å². The zero-order chi connectivity index (χ0) is 14.8. The van der Waals surface area contributed by atoms with E-state index in [1.54, 1.807) is 0 Å². The van der Waals surface area contributed by atoms with Crippen molar-refractivity contribution in [2.75, 3.05) is 30.3 Å². The van der Waals surface area contributed by atoms with Crippen LogP contribution in [0.25, 0.3) is 0 Å². The highest BCUT2D eigenvalue weighted by Gasteiger charge is 2.33. The number of aromatic nitrogens is 2. The van der Waals surface area contributed by atoms with Gasteiger partial charge in [-0.25, -0.2) is 4.98 Å². The number of hydrogen-bond donors (Lipinski definition) is 1. The average molecular weight is 280 g/mol. The first-order valence-corrected chi connectivity index (χ1v) is 7.09. The Kier molecular flexibility index (Phi) is 4.32. The summed E-state index contributed by atoms with van der Waals surface area (Å²) in [4.78, 5) is 10.6. The summed E-state index contributed by atoms with van der Waals surface area (Å²) in [5.41, 5.74) is 6.44. The molecule has 1 fully saturated rings. The van der Waals surface area contributed by atoms with Gasteiger partial charge >= 0.3 is 0 Å². The van der Waals surface area contributed by atoms with E-state index >= 15 is 0 Å². The lowest BCUT2D eigenvalue weighted by atomic mass is 10.1. The summed E-state index contributed by atoms with van der Waals surface area (Å²) in [7, 11) is 0. The molecule has 2 rings (SSSR count). The Morgan fingerprint density at radius 1 is 1.50 bits per heavy atom. The molecule has 1 atom stereocenters. The van der Waals surface area contributed by atoms with Gasteiger partial charge in [-0.1, -0.05) is 6.92 Å². The van der Waals surface area contributed by atoms with Crippen molar-refractivity contribution >= 4 is 11.5 Å². The van der Waals surface area contributed by atoms with Crippen molar-refractivity contribution in [3.63, 3.8) is 0 Å². The van der Waals surface area contributed by atoms with E-state index in [-0.39, 0.29) is 11.7 Å². The molecule has 1 aliphatic heterocycles. The van der Waals surface area contributed by atoms with Crippen molar-refractivity contribution in [3.05, 3.63) is 6.33 Å². The van der Waals surface area contributed by atoms with Crippen LogP contribution < -0.4 is 15.4 Å². The molecular formula is C14H24N4O2. The van der Waals surface area contributed by atoms with E-state index in [0.717, 1.165) is 25.3 Å². The highest BCUT2D eigenvalue weighted by molar-refractivity contribution is 5.68. The van der Waals surface area contributed by atoms with Crippen molar-refractivity contribution in [1.29, 1.82) is 0 Å². The molecule has 1 aromatic rings. The highest BCUT2D eigenvalue weighted by atomic mass is 16.5. The summed E-state index contributed by atoms with van der Waals surface area (Å²) in [5.74, 6) is 1.20. The Balaban J connectivity index is 2.23. The van der Waals surface area contributed by atoms with E-state index < -0.39 is 0 Å². The third-order valence-electron chi connectivity index (χ3n) is 3.14. The third kappa shape index (κ3) is 3.30. The summed E-state index contributed by atoms with van der Waals surface area (Å²) in [5, 5.41) is 0. The van der Waals surface area contributed by atoms with Crippen LogP contribution in [0, 0.1) is 0 Å². The molecule has 1 unspecified atom stereocenters. The fourth-order valence-electron chi connectivity index (χ4n) is 2.55. The van der Waals surface area contributed by atoms with E-state index in [1.165, 1.54) is 6.33 Å². The van der Waals surface area contributed by atoms with Gasteiger partial charge in [0.25, 0.3) is 0 Å². The topological polar surface area (TPSA) is 73.5 Å². The zero-order valence-corrected chi connectivity index (χ0v) is 12.7. The molecule has 0 amide bonds. The molecule has 112 valence electrons. The van der Waals surface area contributed by atoms with Crippen LogP contribution in [-0.2, 0) is 4.74 Å². The summed E-state index contributed by atoms with van der Waals surface area (Å²) >= 11 is 0. The Morgan fingerprint density at radius 3 is 2.90 bits per heavy atom. The van der Waals surface area contributed by atoms with Gasteiger partial charge in [-0.15, -0.1) is 0 Å². The van der Waals surface area contributed by atoms with Gasteiger partial charge in [-0.05, 0) is 27.2 Å². The van der Waals surface area contributed by atoms with Gasteiger partial charge in [0.05, 0.1) is 18.3 Å².